The van der Waals surface area contributed by atoms with Gasteiger partial charge in [0.25, 0.3) is 0 Å². The summed E-state index contributed by atoms with van der Waals surface area (Å²) >= 11 is 0. The number of nitrogens with two attached hydrogens (primary N) is 1. The molecule has 4 nitrogen and oxygen atoms in total. The zero-order valence-electron chi connectivity index (χ0n) is 7.31. The van der Waals surface area contributed by atoms with E-state index in [0.717, 1.165) is 11.1 Å². The predicted octanol–water partition coefficient (Wildman–Crippen LogP) is 1.44. The minimum atomic E-state index is -0.483. The lowest BCUT2D eigenvalue weighted by Gasteiger charge is -1.98. The van der Waals surface area contributed by atoms with Gasteiger partial charge in [-0.15, -0.1) is 0 Å². The molecule has 0 radical (unpaired) electrons. The number of pyridine rings is 1. The van der Waals surface area contributed by atoms with Crippen LogP contribution in [0.25, 0.3) is 11.1 Å². The van der Waals surface area contributed by atoms with Gasteiger partial charge in [-0.25, -0.2) is 0 Å². The minimum Gasteiger partial charge on any atom is -0.472 e. The molecule has 0 aromatic carbocycles. The third-order valence-electron chi connectivity index (χ3n) is 1.88. The van der Waals surface area contributed by atoms with E-state index in [9.17, 15) is 4.79 Å². The summed E-state index contributed by atoms with van der Waals surface area (Å²) in [5, 5.41) is 0. The van der Waals surface area contributed by atoms with Crippen molar-refractivity contribution in [2.45, 2.75) is 0 Å². The normalized spacial score (nSPS) is 10.0. The van der Waals surface area contributed by atoms with Crippen molar-refractivity contribution in [2.75, 3.05) is 0 Å². The zero-order chi connectivity index (χ0) is 9.97. The molecule has 0 fully saturated rings. The third-order valence-corrected chi connectivity index (χ3v) is 1.88. The fraction of sp³-hybridized carbons (Fsp3) is 0. The summed E-state index contributed by atoms with van der Waals surface area (Å²) in [4.78, 5) is 14.8. The molecule has 1 amide bonds. The SMILES string of the molecule is NC(=O)c1cncc(-c2ccoc2)c1. The first kappa shape index (κ1) is 8.50. The third kappa shape index (κ3) is 1.50. The van der Waals surface area contributed by atoms with Crippen molar-refractivity contribution in [1.29, 1.82) is 0 Å². The Kier molecular flexibility index (Phi) is 2.02. The van der Waals surface area contributed by atoms with Gasteiger partial charge in [0.1, 0.15) is 0 Å². The Bertz CT molecular complexity index is 449. The fourth-order valence-electron chi connectivity index (χ4n) is 1.16. The van der Waals surface area contributed by atoms with E-state index in [2.05, 4.69) is 4.98 Å². The van der Waals surface area contributed by atoms with Gasteiger partial charge in [-0.05, 0) is 12.1 Å². The predicted molar refractivity (Wildman–Crippen MR) is 50.5 cm³/mol. The Morgan fingerprint density at radius 3 is 2.86 bits per heavy atom. The molecule has 0 saturated carbocycles. The van der Waals surface area contributed by atoms with Gasteiger partial charge in [-0.2, -0.15) is 0 Å². The van der Waals surface area contributed by atoms with Gasteiger partial charge in [0.15, 0.2) is 0 Å². The highest BCUT2D eigenvalue weighted by Gasteiger charge is 2.04. The van der Waals surface area contributed by atoms with Gasteiger partial charge in [0.2, 0.25) is 5.91 Å². The maximum Gasteiger partial charge on any atom is 0.250 e. The summed E-state index contributed by atoms with van der Waals surface area (Å²) in [5.41, 5.74) is 7.22. The van der Waals surface area contributed by atoms with Gasteiger partial charge >= 0.3 is 0 Å². The van der Waals surface area contributed by atoms with Crippen LogP contribution in [0.2, 0.25) is 0 Å². The summed E-state index contributed by atoms with van der Waals surface area (Å²) in [5.74, 6) is -0.483. The molecular formula is C10H8N2O2. The second-order valence-electron chi connectivity index (χ2n) is 2.84. The number of aromatic nitrogens is 1. The molecule has 0 bridgehead atoms. The highest BCUT2D eigenvalue weighted by molar-refractivity contribution is 5.93. The van der Waals surface area contributed by atoms with Crippen LogP contribution in [-0.4, -0.2) is 10.9 Å². The largest absolute Gasteiger partial charge is 0.472 e. The number of hydrogen-bond donors (Lipinski definition) is 1. The van der Waals surface area contributed by atoms with Crippen LogP contribution >= 0.6 is 0 Å². The van der Waals surface area contributed by atoms with Crippen LogP contribution in [-0.2, 0) is 0 Å². The average molecular weight is 188 g/mol. The highest BCUT2D eigenvalue weighted by Crippen LogP contribution is 2.19. The molecular weight excluding hydrogens is 180 g/mol. The molecule has 2 rings (SSSR count). The number of nitrogens with zero attached hydrogens (tertiary/aromatic N) is 1. The molecule has 0 aliphatic heterocycles. The van der Waals surface area contributed by atoms with E-state index in [1.807, 2.05) is 0 Å². The summed E-state index contributed by atoms with van der Waals surface area (Å²) < 4.78 is 4.93. The van der Waals surface area contributed by atoms with Gasteiger partial charge in [-0.1, -0.05) is 0 Å². The Balaban J connectivity index is 2.46. The van der Waals surface area contributed by atoms with Crippen molar-refractivity contribution in [2.24, 2.45) is 5.73 Å². The standard InChI is InChI=1S/C10H8N2O2/c11-10(13)9-3-8(4-12-5-9)7-1-2-14-6-7/h1-6H,(H2,11,13). The molecule has 2 aromatic heterocycles. The Hall–Kier alpha value is -2.10. The van der Waals surface area contributed by atoms with E-state index >= 15 is 0 Å². The summed E-state index contributed by atoms with van der Waals surface area (Å²) in [6, 6.07) is 3.47. The van der Waals surface area contributed by atoms with Gasteiger partial charge in [0, 0.05) is 23.5 Å². The van der Waals surface area contributed by atoms with Crippen molar-refractivity contribution in [3.63, 3.8) is 0 Å². The number of furan rings is 1. The number of hydrogen-bond acceptors (Lipinski definition) is 3. The Labute approximate surface area is 80.4 Å². The van der Waals surface area contributed by atoms with Crippen LogP contribution in [0, 0.1) is 0 Å². The van der Waals surface area contributed by atoms with Crippen molar-refractivity contribution in [3.8, 4) is 11.1 Å². The number of rotatable bonds is 2. The van der Waals surface area contributed by atoms with E-state index in [-0.39, 0.29) is 0 Å². The lowest BCUT2D eigenvalue weighted by atomic mass is 10.1. The zero-order valence-corrected chi connectivity index (χ0v) is 7.31. The molecule has 2 aromatic rings. The van der Waals surface area contributed by atoms with E-state index in [4.69, 9.17) is 10.2 Å². The second kappa shape index (κ2) is 3.33. The quantitative estimate of drug-likeness (QED) is 0.775. The number of carbonyl (C=O) groups is 1. The van der Waals surface area contributed by atoms with Crippen LogP contribution in [0.3, 0.4) is 0 Å². The molecule has 4 heteroatoms. The monoisotopic (exact) mass is 188 g/mol. The molecule has 0 atom stereocenters. The van der Waals surface area contributed by atoms with E-state index < -0.39 is 5.91 Å². The van der Waals surface area contributed by atoms with Crippen molar-refractivity contribution < 1.29 is 9.21 Å². The van der Waals surface area contributed by atoms with Gasteiger partial charge in [0.05, 0.1) is 18.1 Å². The molecule has 0 aliphatic carbocycles. The summed E-state index contributed by atoms with van der Waals surface area (Å²) in [6.45, 7) is 0. The van der Waals surface area contributed by atoms with E-state index in [1.54, 1.807) is 30.9 Å². The smallest absolute Gasteiger partial charge is 0.250 e. The first-order valence-corrected chi connectivity index (χ1v) is 4.05. The van der Waals surface area contributed by atoms with E-state index in [1.165, 1.54) is 6.20 Å². The van der Waals surface area contributed by atoms with Crippen molar-refractivity contribution >= 4 is 5.91 Å². The highest BCUT2D eigenvalue weighted by atomic mass is 16.3. The molecule has 14 heavy (non-hydrogen) atoms. The number of carbonyl (C=O) groups excluding carboxylic acids is 1. The molecule has 2 heterocycles. The lowest BCUT2D eigenvalue weighted by molar-refractivity contribution is 0.1000. The first-order chi connectivity index (χ1) is 6.77. The molecule has 70 valence electrons. The van der Waals surface area contributed by atoms with Crippen molar-refractivity contribution in [1.82, 2.24) is 4.98 Å². The first-order valence-electron chi connectivity index (χ1n) is 4.05. The number of primary amides is 1. The topological polar surface area (TPSA) is 69.1 Å². The molecule has 0 aliphatic rings. The maximum atomic E-state index is 10.9. The van der Waals surface area contributed by atoms with Crippen LogP contribution in [0.4, 0.5) is 0 Å². The second-order valence-corrected chi connectivity index (χ2v) is 2.84. The summed E-state index contributed by atoms with van der Waals surface area (Å²) in [7, 11) is 0. The average Bonchev–Trinajstić information content (AvgIpc) is 2.71. The molecule has 2 N–H and O–H groups in total. The Morgan fingerprint density at radius 2 is 2.21 bits per heavy atom. The van der Waals surface area contributed by atoms with Crippen molar-refractivity contribution in [3.05, 3.63) is 42.6 Å². The van der Waals surface area contributed by atoms with Gasteiger partial charge < -0.3 is 10.2 Å². The lowest BCUT2D eigenvalue weighted by Crippen LogP contribution is -2.11. The minimum absolute atomic E-state index is 0.392. The maximum absolute atomic E-state index is 10.9. The van der Waals surface area contributed by atoms with E-state index in [0.29, 0.717) is 5.56 Å². The fourth-order valence-corrected chi connectivity index (χ4v) is 1.16. The van der Waals surface area contributed by atoms with Gasteiger partial charge in [-0.3, -0.25) is 9.78 Å². The van der Waals surface area contributed by atoms with Crippen LogP contribution in [0.5, 0.6) is 0 Å². The molecule has 0 spiro atoms. The van der Waals surface area contributed by atoms with Crippen LogP contribution < -0.4 is 5.73 Å². The molecule has 0 saturated heterocycles. The molecule has 0 unspecified atom stereocenters. The van der Waals surface area contributed by atoms with Crippen LogP contribution in [0.1, 0.15) is 10.4 Å². The summed E-state index contributed by atoms with van der Waals surface area (Å²) in [6.07, 6.45) is 6.23. The van der Waals surface area contributed by atoms with Crippen LogP contribution in [0.15, 0.2) is 41.5 Å². The number of amides is 1. The Morgan fingerprint density at radius 1 is 1.36 bits per heavy atom.